The van der Waals surface area contributed by atoms with E-state index in [9.17, 15) is 14.4 Å². The van der Waals surface area contributed by atoms with Crippen LogP contribution in [-0.2, 0) is 9.59 Å². The molecular weight excluding hydrogens is 452 g/mol. The maximum atomic E-state index is 12.8. The van der Waals surface area contributed by atoms with Crippen molar-refractivity contribution in [3.05, 3.63) is 81.4 Å². The molecule has 7 nitrogen and oxygen atoms in total. The van der Waals surface area contributed by atoms with E-state index in [-0.39, 0.29) is 23.3 Å². The smallest absolute Gasteiger partial charge is 0.258 e. The average Bonchev–Trinajstić information content (AvgIpc) is 3.38. The molecule has 0 aliphatic carbocycles. The number of halogens is 1. The monoisotopic (exact) mass is 478 g/mol. The van der Waals surface area contributed by atoms with Crippen LogP contribution in [0.15, 0.2) is 59.7 Å². The molecule has 2 aliphatic rings. The second kappa shape index (κ2) is 10.2. The number of carbonyl (C=O) groups excluding carboxylic acids is 3. The van der Waals surface area contributed by atoms with Gasteiger partial charge in [-0.15, -0.1) is 0 Å². The van der Waals surface area contributed by atoms with Gasteiger partial charge in [-0.05, 0) is 61.4 Å². The molecule has 0 fully saturated rings. The Bertz CT molecular complexity index is 1200. The van der Waals surface area contributed by atoms with Crippen LogP contribution in [-0.4, -0.2) is 48.8 Å². The molecule has 4 rings (SSSR count). The normalized spacial score (nSPS) is 15.1. The molecule has 0 atom stereocenters. The van der Waals surface area contributed by atoms with Gasteiger partial charge in [0, 0.05) is 17.1 Å². The molecule has 0 spiro atoms. The number of hydrogen-bond donors (Lipinski definition) is 3. The van der Waals surface area contributed by atoms with Crippen molar-refractivity contribution in [2.45, 2.75) is 20.3 Å². The van der Waals surface area contributed by atoms with E-state index in [0.717, 1.165) is 26.1 Å². The van der Waals surface area contributed by atoms with Crippen molar-refractivity contribution >= 4 is 40.7 Å². The van der Waals surface area contributed by atoms with Crippen LogP contribution >= 0.6 is 11.6 Å². The quantitative estimate of drug-likeness (QED) is 0.483. The predicted octanol–water partition coefficient (Wildman–Crippen LogP) is 3.18. The molecule has 176 valence electrons. The van der Waals surface area contributed by atoms with E-state index >= 15 is 0 Å². The van der Waals surface area contributed by atoms with Gasteiger partial charge in [-0.1, -0.05) is 49.7 Å². The Labute approximate surface area is 203 Å². The van der Waals surface area contributed by atoms with Crippen molar-refractivity contribution in [2.24, 2.45) is 0 Å². The van der Waals surface area contributed by atoms with Gasteiger partial charge in [-0.3, -0.25) is 14.4 Å². The lowest BCUT2D eigenvalue weighted by atomic mass is 10.0. The first-order valence-electron chi connectivity index (χ1n) is 11.4. The van der Waals surface area contributed by atoms with Gasteiger partial charge < -0.3 is 20.9 Å². The number of carbonyl (C=O) groups is 3. The van der Waals surface area contributed by atoms with Crippen LogP contribution in [0.2, 0.25) is 5.02 Å². The average molecular weight is 479 g/mol. The summed E-state index contributed by atoms with van der Waals surface area (Å²) in [6.45, 7) is 7.71. The summed E-state index contributed by atoms with van der Waals surface area (Å²) < 4.78 is 0. The fourth-order valence-electron chi connectivity index (χ4n) is 4.19. The molecule has 2 heterocycles. The summed E-state index contributed by atoms with van der Waals surface area (Å²) in [4.78, 5) is 40.6. The molecule has 2 aromatic rings. The first-order valence-corrected chi connectivity index (χ1v) is 11.8. The maximum Gasteiger partial charge on any atom is 0.258 e. The summed E-state index contributed by atoms with van der Waals surface area (Å²) in [5, 5.41) is 9.14. The number of nitrogens with zero attached hydrogens (tertiary/aromatic N) is 1. The standard InChI is InChI=1S/C26H27ClN4O3/c1-3-31(4-2)14-6-13-28-24(32)18-8-5-7-17(15-18)23-21-20(25(33)30-23)22(29-26(21)34)16-9-11-19(27)12-10-16/h5,7-12,15H,3-4,6,13-14H2,1-2H3,(H,28,32)(H,29,34)(H,30,33). The second-order valence-corrected chi connectivity index (χ2v) is 8.57. The van der Waals surface area contributed by atoms with Crippen molar-refractivity contribution in [3.63, 3.8) is 0 Å². The van der Waals surface area contributed by atoms with Gasteiger partial charge in [0.05, 0.1) is 22.5 Å². The largest absolute Gasteiger partial charge is 0.352 e. The summed E-state index contributed by atoms with van der Waals surface area (Å²) >= 11 is 5.97. The molecule has 34 heavy (non-hydrogen) atoms. The predicted molar refractivity (Wildman–Crippen MR) is 133 cm³/mol. The van der Waals surface area contributed by atoms with Crippen molar-refractivity contribution < 1.29 is 14.4 Å². The van der Waals surface area contributed by atoms with E-state index in [2.05, 4.69) is 34.7 Å². The Morgan fingerprint density at radius 1 is 0.912 bits per heavy atom. The molecule has 0 unspecified atom stereocenters. The highest BCUT2D eigenvalue weighted by molar-refractivity contribution is 6.31. The number of benzene rings is 2. The number of amides is 3. The van der Waals surface area contributed by atoms with Gasteiger partial charge in [0.25, 0.3) is 17.7 Å². The molecular formula is C26H27ClN4O3. The number of fused-ring (bicyclic) bond motifs is 1. The zero-order valence-corrected chi connectivity index (χ0v) is 20.0. The first-order chi connectivity index (χ1) is 16.4. The van der Waals surface area contributed by atoms with Crippen molar-refractivity contribution in [1.29, 1.82) is 0 Å². The van der Waals surface area contributed by atoms with Gasteiger partial charge >= 0.3 is 0 Å². The third kappa shape index (κ3) is 4.76. The molecule has 0 saturated heterocycles. The molecule has 0 radical (unpaired) electrons. The number of rotatable bonds is 9. The molecule has 2 aliphatic heterocycles. The van der Waals surface area contributed by atoms with E-state index in [1.54, 1.807) is 48.5 Å². The Balaban J connectivity index is 1.56. The van der Waals surface area contributed by atoms with Gasteiger partial charge in [0.1, 0.15) is 0 Å². The summed E-state index contributed by atoms with van der Waals surface area (Å²) in [5.41, 5.74) is 3.19. The third-order valence-corrected chi connectivity index (χ3v) is 6.31. The van der Waals surface area contributed by atoms with Crippen molar-refractivity contribution in [3.8, 4) is 0 Å². The van der Waals surface area contributed by atoms with Gasteiger partial charge in [0.15, 0.2) is 0 Å². The van der Waals surface area contributed by atoms with E-state index in [0.29, 0.717) is 45.2 Å². The summed E-state index contributed by atoms with van der Waals surface area (Å²) in [6.07, 6.45) is 0.861. The minimum atomic E-state index is -0.362. The number of hydrogen-bond acceptors (Lipinski definition) is 4. The molecule has 0 aromatic heterocycles. The highest BCUT2D eigenvalue weighted by Crippen LogP contribution is 2.37. The number of nitrogens with one attached hydrogen (secondary N) is 3. The maximum absolute atomic E-state index is 12.8. The SMILES string of the molecule is CCN(CC)CCCNC(=O)c1cccc(C2=C3C(=O)NC(c4ccc(Cl)cc4)=C3C(=O)N2)c1. The first kappa shape index (κ1) is 23.7. The van der Waals surface area contributed by atoms with E-state index in [1.807, 2.05) is 0 Å². The fraction of sp³-hybridized carbons (Fsp3) is 0.269. The van der Waals surface area contributed by atoms with Gasteiger partial charge in [0.2, 0.25) is 0 Å². The zero-order chi connectivity index (χ0) is 24.2. The van der Waals surface area contributed by atoms with E-state index < -0.39 is 0 Å². The fourth-order valence-corrected chi connectivity index (χ4v) is 4.32. The molecule has 3 amide bonds. The van der Waals surface area contributed by atoms with Crippen LogP contribution in [0, 0.1) is 0 Å². The molecule has 0 bridgehead atoms. The Morgan fingerprint density at radius 2 is 1.53 bits per heavy atom. The summed E-state index contributed by atoms with van der Waals surface area (Å²) in [7, 11) is 0. The molecule has 8 heteroatoms. The Kier molecular flexibility index (Phi) is 7.14. The van der Waals surface area contributed by atoms with Crippen LogP contribution in [0.5, 0.6) is 0 Å². The highest BCUT2D eigenvalue weighted by Gasteiger charge is 2.40. The summed E-state index contributed by atoms with van der Waals surface area (Å²) in [6, 6.07) is 13.8. The lowest BCUT2D eigenvalue weighted by Crippen LogP contribution is -2.30. The van der Waals surface area contributed by atoms with Crippen LogP contribution in [0.4, 0.5) is 0 Å². The topological polar surface area (TPSA) is 90.5 Å². The van der Waals surface area contributed by atoms with Crippen LogP contribution < -0.4 is 16.0 Å². The Hall–Kier alpha value is -3.42. The van der Waals surface area contributed by atoms with E-state index in [4.69, 9.17) is 11.6 Å². The van der Waals surface area contributed by atoms with Crippen LogP contribution in [0.3, 0.4) is 0 Å². The lowest BCUT2D eigenvalue weighted by Gasteiger charge is -2.17. The second-order valence-electron chi connectivity index (χ2n) is 8.13. The summed E-state index contributed by atoms with van der Waals surface area (Å²) in [5.74, 6) is -0.913. The van der Waals surface area contributed by atoms with Crippen LogP contribution in [0.25, 0.3) is 11.4 Å². The minimum Gasteiger partial charge on any atom is -0.352 e. The van der Waals surface area contributed by atoms with Crippen molar-refractivity contribution in [1.82, 2.24) is 20.9 Å². The van der Waals surface area contributed by atoms with Gasteiger partial charge in [-0.2, -0.15) is 0 Å². The molecule has 2 aromatic carbocycles. The molecule has 0 saturated carbocycles. The van der Waals surface area contributed by atoms with Gasteiger partial charge in [-0.25, -0.2) is 0 Å². The highest BCUT2D eigenvalue weighted by atomic mass is 35.5. The Morgan fingerprint density at radius 3 is 2.15 bits per heavy atom. The molecule has 3 N–H and O–H groups in total. The third-order valence-electron chi connectivity index (χ3n) is 6.06. The van der Waals surface area contributed by atoms with E-state index in [1.165, 1.54) is 0 Å². The lowest BCUT2D eigenvalue weighted by molar-refractivity contribution is -0.117. The zero-order valence-electron chi connectivity index (χ0n) is 19.2. The minimum absolute atomic E-state index is 0.190. The van der Waals surface area contributed by atoms with Crippen molar-refractivity contribution in [2.75, 3.05) is 26.2 Å². The van der Waals surface area contributed by atoms with Crippen LogP contribution in [0.1, 0.15) is 41.8 Å².